The van der Waals surface area contributed by atoms with E-state index in [1.165, 1.54) is 19.2 Å². The van der Waals surface area contributed by atoms with Crippen molar-refractivity contribution in [1.82, 2.24) is 9.97 Å². The van der Waals surface area contributed by atoms with Gasteiger partial charge in [0.25, 0.3) is 0 Å². The molecule has 3 aromatic carbocycles. The molecule has 0 saturated carbocycles. The number of methoxy groups -OCH3 is 1. The van der Waals surface area contributed by atoms with Crippen molar-refractivity contribution >= 4 is 17.0 Å². The van der Waals surface area contributed by atoms with Crippen LogP contribution in [0.4, 0.5) is 13.2 Å². The van der Waals surface area contributed by atoms with Crippen LogP contribution in [0.5, 0.6) is 0 Å². The Bertz CT molecular complexity index is 1220. The molecule has 0 N–H and O–H groups in total. The van der Waals surface area contributed by atoms with Gasteiger partial charge in [-0.3, -0.25) is 0 Å². The van der Waals surface area contributed by atoms with E-state index >= 15 is 0 Å². The Balaban J connectivity index is 1.93. The standard InChI is InChI=1S/C23H15F3N2O2/c1-30-22(29)16-9-12-18-19(13-16)28-21(20(27-18)14-5-3-2-4-6-14)15-7-10-17(11-8-15)23(24,25)26/h2-13H,1H3. The Morgan fingerprint density at radius 1 is 0.800 bits per heavy atom. The largest absolute Gasteiger partial charge is 0.465 e. The quantitative estimate of drug-likeness (QED) is 0.404. The molecular formula is C23H15F3N2O2. The molecular weight excluding hydrogens is 393 g/mol. The summed E-state index contributed by atoms with van der Waals surface area (Å²) in [6, 6.07) is 18.8. The van der Waals surface area contributed by atoms with Crippen LogP contribution in [0.15, 0.2) is 72.8 Å². The molecule has 4 aromatic rings. The van der Waals surface area contributed by atoms with Crippen molar-refractivity contribution in [1.29, 1.82) is 0 Å². The number of ether oxygens (including phenoxy) is 1. The minimum Gasteiger partial charge on any atom is -0.465 e. The van der Waals surface area contributed by atoms with Gasteiger partial charge in [-0.05, 0) is 30.3 Å². The van der Waals surface area contributed by atoms with Gasteiger partial charge in [-0.1, -0.05) is 42.5 Å². The number of esters is 1. The maximum absolute atomic E-state index is 13.0. The van der Waals surface area contributed by atoms with Gasteiger partial charge in [0.1, 0.15) is 0 Å². The zero-order valence-electron chi connectivity index (χ0n) is 15.8. The van der Waals surface area contributed by atoms with Crippen molar-refractivity contribution in [3.05, 3.63) is 83.9 Å². The van der Waals surface area contributed by atoms with E-state index in [-0.39, 0.29) is 0 Å². The second-order valence-electron chi connectivity index (χ2n) is 6.56. The summed E-state index contributed by atoms with van der Waals surface area (Å²) in [6.07, 6.45) is -4.43. The molecule has 0 aliphatic heterocycles. The van der Waals surface area contributed by atoms with Crippen LogP contribution in [-0.4, -0.2) is 23.0 Å². The number of hydrogen-bond acceptors (Lipinski definition) is 4. The van der Waals surface area contributed by atoms with Gasteiger partial charge in [0.05, 0.1) is 40.7 Å². The second kappa shape index (κ2) is 7.59. The minimum atomic E-state index is -4.43. The molecule has 0 bridgehead atoms. The van der Waals surface area contributed by atoms with Crippen LogP contribution >= 0.6 is 0 Å². The molecule has 7 heteroatoms. The van der Waals surface area contributed by atoms with E-state index in [4.69, 9.17) is 4.74 Å². The van der Waals surface area contributed by atoms with Crippen LogP contribution in [-0.2, 0) is 10.9 Å². The zero-order chi connectivity index (χ0) is 21.3. The molecule has 0 saturated heterocycles. The van der Waals surface area contributed by atoms with Gasteiger partial charge in [0, 0.05) is 11.1 Å². The van der Waals surface area contributed by atoms with Gasteiger partial charge in [-0.15, -0.1) is 0 Å². The molecule has 0 spiro atoms. The summed E-state index contributed by atoms with van der Waals surface area (Å²) in [5.74, 6) is -0.512. The first-order chi connectivity index (χ1) is 14.4. The maximum atomic E-state index is 13.0. The monoisotopic (exact) mass is 408 g/mol. The van der Waals surface area contributed by atoms with Crippen LogP contribution in [0.1, 0.15) is 15.9 Å². The SMILES string of the molecule is COC(=O)c1ccc2nc(-c3ccccc3)c(-c3ccc(C(F)(F)F)cc3)nc2c1. The lowest BCUT2D eigenvalue weighted by Crippen LogP contribution is -2.04. The highest BCUT2D eigenvalue weighted by Crippen LogP contribution is 2.34. The zero-order valence-corrected chi connectivity index (χ0v) is 15.8. The lowest BCUT2D eigenvalue weighted by atomic mass is 10.0. The van der Waals surface area contributed by atoms with Gasteiger partial charge in [-0.25, -0.2) is 14.8 Å². The molecule has 1 aromatic heterocycles. The summed E-state index contributed by atoms with van der Waals surface area (Å²) in [6.45, 7) is 0. The minimum absolute atomic E-state index is 0.310. The van der Waals surface area contributed by atoms with Gasteiger partial charge >= 0.3 is 12.1 Å². The van der Waals surface area contributed by atoms with Crippen molar-refractivity contribution in [3.63, 3.8) is 0 Å². The second-order valence-corrected chi connectivity index (χ2v) is 6.56. The number of nitrogens with zero attached hydrogens (tertiary/aromatic N) is 2. The molecule has 1 heterocycles. The first-order valence-electron chi connectivity index (χ1n) is 9.00. The number of carbonyl (C=O) groups excluding carboxylic acids is 1. The maximum Gasteiger partial charge on any atom is 0.416 e. The van der Waals surface area contributed by atoms with Crippen LogP contribution in [0, 0.1) is 0 Å². The molecule has 4 nitrogen and oxygen atoms in total. The fraction of sp³-hybridized carbons (Fsp3) is 0.0870. The van der Waals surface area contributed by atoms with Crippen LogP contribution in [0.3, 0.4) is 0 Å². The third-order valence-electron chi connectivity index (χ3n) is 4.62. The van der Waals surface area contributed by atoms with Crippen LogP contribution in [0.2, 0.25) is 0 Å². The smallest absolute Gasteiger partial charge is 0.416 e. The summed E-state index contributed by atoms with van der Waals surface area (Å²) in [4.78, 5) is 21.2. The highest BCUT2D eigenvalue weighted by molar-refractivity contribution is 5.95. The average molecular weight is 408 g/mol. The van der Waals surface area contributed by atoms with E-state index in [0.717, 1.165) is 17.7 Å². The highest BCUT2D eigenvalue weighted by atomic mass is 19.4. The lowest BCUT2D eigenvalue weighted by molar-refractivity contribution is -0.137. The van der Waals surface area contributed by atoms with Crippen LogP contribution in [0.25, 0.3) is 33.5 Å². The third kappa shape index (κ3) is 3.74. The average Bonchev–Trinajstić information content (AvgIpc) is 2.77. The van der Waals surface area contributed by atoms with Crippen molar-refractivity contribution in [2.24, 2.45) is 0 Å². The highest BCUT2D eigenvalue weighted by Gasteiger charge is 2.30. The lowest BCUT2D eigenvalue weighted by Gasteiger charge is -2.12. The summed E-state index contributed by atoms with van der Waals surface area (Å²) in [5, 5.41) is 0. The molecule has 150 valence electrons. The van der Waals surface area contributed by atoms with Gasteiger partial charge < -0.3 is 4.74 Å². The molecule has 0 aliphatic carbocycles. The van der Waals surface area contributed by atoms with Crippen molar-refractivity contribution in [3.8, 4) is 22.5 Å². The molecule has 30 heavy (non-hydrogen) atoms. The predicted molar refractivity (Wildman–Crippen MR) is 107 cm³/mol. The molecule has 0 aliphatic rings. The number of aromatic nitrogens is 2. The summed E-state index contributed by atoms with van der Waals surface area (Å²) in [7, 11) is 1.28. The number of benzene rings is 3. The topological polar surface area (TPSA) is 52.1 Å². The van der Waals surface area contributed by atoms with Gasteiger partial charge in [0.2, 0.25) is 0 Å². The van der Waals surface area contributed by atoms with Gasteiger partial charge in [0.15, 0.2) is 0 Å². The van der Waals surface area contributed by atoms with E-state index in [9.17, 15) is 18.0 Å². The third-order valence-corrected chi connectivity index (χ3v) is 4.62. The first-order valence-corrected chi connectivity index (χ1v) is 9.00. The van der Waals surface area contributed by atoms with Crippen molar-refractivity contribution < 1.29 is 22.7 Å². The van der Waals surface area contributed by atoms with E-state index < -0.39 is 17.7 Å². The molecule has 0 amide bonds. The fourth-order valence-electron chi connectivity index (χ4n) is 3.11. The normalized spacial score (nSPS) is 11.5. The Hall–Kier alpha value is -3.74. The number of fused-ring (bicyclic) bond motifs is 1. The Morgan fingerprint density at radius 2 is 1.40 bits per heavy atom. The number of alkyl halides is 3. The summed E-state index contributed by atoms with van der Waals surface area (Å²) >= 11 is 0. The van der Waals surface area contributed by atoms with E-state index in [1.807, 2.05) is 30.3 Å². The molecule has 0 radical (unpaired) electrons. The Kier molecular flexibility index (Phi) is 4.95. The summed E-state index contributed by atoms with van der Waals surface area (Å²) < 4.78 is 43.6. The predicted octanol–water partition coefficient (Wildman–Crippen LogP) is 5.77. The number of carbonyl (C=O) groups is 1. The Morgan fingerprint density at radius 3 is 2.00 bits per heavy atom. The molecule has 4 rings (SSSR count). The number of rotatable bonds is 3. The molecule has 0 unspecified atom stereocenters. The Labute approximate surface area is 170 Å². The van der Waals surface area contributed by atoms with Crippen molar-refractivity contribution in [2.75, 3.05) is 7.11 Å². The first kappa shape index (κ1) is 19.6. The number of hydrogen-bond donors (Lipinski definition) is 0. The van der Waals surface area contributed by atoms with E-state index in [1.54, 1.807) is 18.2 Å². The van der Waals surface area contributed by atoms with E-state index in [2.05, 4.69) is 9.97 Å². The van der Waals surface area contributed by atoms with Crippen LogP contribution < -0.4 is 0 Å². The van der Waals surface area contributed by atoms with Gasteiger partial charge in [-0.2, -0.15) is 13.2 Å². The molecule has 0 atom stereocenters. The van der Waals surface area contributed by atoms with E-state index in [0.29, 0.717) is 33.5 Å². The summed E-state index contributed by atoms with van der Waals surface area (Å²) in [5.41, 5.74) is 2.78. The van der Waals surface area contributed by atoms with Crippen molar-refractivity contribution in [2.45, 2.75) is 6.18 Å². The number of halogens is 3. The molecule has 0 fully saturated rings. The fourth-order valence-corrected chi connectivity index (χ4v) is 3.11.